The maximum atomic E-state index is 11.2. The third-order valence-corrected chi connectivity index (χ3v) is 1.77. The Balaban J connectivity index is 3.05. The predicted octanol–water partition coefficient (Wildman–Crippen LogP) is 1.22. The summed E-state index contributed by atoms with van der Waals surface area (Å²) in [7, 11) is 3.13. The van der Waals surface area contributed by atoms with Gasteiger partial charge in [0.2, 0.25) is 0 Å². The fraction of sp³-hybridized carbons (Fsp3) is 0.333. The molecule has 0 radical (unpaired) electrons. The third-order valence-electron chi connectivity index (χ3n) is 1.77. The zero-order valence-corrected chi connectivity index (χ0v) is 7.92. The third kappa shape index (κ3) is 1.96. The van der Waals surface area contributed by atoms with Gasteiger partial charge in [-0.1, -0.05) is 0 Å². The number of carbonyl (C=O) groups is 1. The predicted molar refractivity (Wildman–Crippen MR) is 49.9 cm³/mol. The Morgan fingerprint density at radius 2 is 2.31 bits per heavy atom. The lowest BCUT2D eigenvalue weighted by molar-refractivity contribution is 0.0599. The molecule has 4 heteroatoms. The van der Waals surface area contributed by atoms with Crippen LogP contribution in [0.15, 0.2) is 12.3 Å². The minimum atomic E-state index is -0.354. The van der Waals surface area contributed by atoms with Crippen molar-refractivity contribution < 1.29 is 9.53 Å². The van der Waals surface area contributed by atoms with Gasteiger partial charge < -0.3 is 10.1 Å². The van der Waals surface area contributed by atoms with E-state index in [2.05, 4.69) is 15.0 Å². The van der Waals surface area contributed by atoms with Crippen LogP contribution in [0.5, 0.6) is 0 Å². The summed E-state index contributed by atoms with van der Waals surface area (Å²) in [6.45, 7) is 1.84. The molecule has 0 aromatic carbocycles. The van der Waals surface area contributed by atoms with E-state index in [4.69, 9.17) is 0 Å². The van der Waals surface area contributed by atoms with E-state index in [0.717, 1.165) is 11.4 Å². The lowest BCUT2D eigenvalue weighted by Crippen LogP contribution is -2.05. The molecule has 0 aliphatic carbocycles. The van der Waals surface area contributed by atoms with Crippen molar-refractivity contribution in [3.05, 3.63) is 23.4 Å². The molecule has 0 amide bonds. The van der Waals surface area contributed by atoms with Crippen molar-refractivity contribution in [2.24, 2.45) is 0 Å². The van der Waals surface area contributed by atoms with Crippen LogP contribution in [-0.2, 0) is 4.74 Å². The second kappa shape index (κ2) is 3.89. The van der Waals surface area contributed by atoms with Crippen molar-refractivity contribution in [2.75, 3.05) is 19.5 Å². The van der Waals surface area contributed by atoms with Crippen LogP contribution in [0.3, 0.4) is 0 Å². The first-order valence-electron chi connectivity index (χ1n) is 3.91. The van der Waals surface area contributed by atoms with Crippen LogP contribution in [0.4, 0.5) is 5.82 Å². The van der Waals surface area contributed by atoms with Gasteiger partial charge in [0.05, 0.1) is 12.7 Å². The first-order chi connectivity index (χ1) is 6.19. The number of methoxy groups -OCH3 is 1. The number of esters is 1. The number of aryl methyl sites for hydroxylation is 1. The Hall–Kier alpha value is -1.58. The lowest BCUT2D eigenvalue weighted by Gasteiger charge is -2.04. The summed E-state index contributed by atoms with van der Waals surface area (Å²) in [5, 5.41) is 2.89. The van der Waals surface area contributed by atoms with Crippen molar-refractivity contribution in [1.82, 2.24) is 4.98 Å². The van der Waals surface area contributed by atoms with Gasteiger partial charge in [-0.05, 0) is 18.6 Å². The molecule has 1 aromatic rings. The molecule has 70 valence electrons. The number of aromatic nitrogens is 1. The van der Waals surface area contributed by atoms with E-state index in [9.17, 15) is 4.79 Å². The summed E-state index contributed by atoms with van der Waals surface area (Å²) in [5.41, 5.74) is 1.35. The van der Waals surface area contributed by atoms with Crippen LogP contribution in [-0.4, -0.2) is 25.1 Å². The molecule has 0 spiro atoms. The van der Waals surface area contributed by atoms with Crippen LogP contribution >= 0.6 is 0 Å². The number of carbonyl (C=O) groups excluding carboxylic acids is 1. The summed E-state index contributed by atoms with van der Waals surface area (Å²) in [4.78, 5) is 15.2. The van der Waals surface area contributed by atoms with E-state index in [-0.39, 0.29) is 5.97 Å². The lowest BCUT2D eigenvalue weighted by atomic mass is 10.1. The van der Waals surface area contributed by atoms with Gasteiger partial charge >= 0.3 is 5.97 Å². The second-order valence-electron chi connectivity index (χ2n) is 2.63. The van der Waals surface area contributed by atoms with Gasteiger partial charge in [0.25, 0.3) is 0 Å². The molecular formula is C9H12N2O2. The van der Waals surface area contributed by atoms with E-state index in [1.54, 1.807) is 13.1 Å². The van der Waals surface area contributed by atoms with Gasteiger partial charge in [-0.3, -0.25) is 0 Å². The first kappa shape index (κ1) is 9.51. The molecule has 1 aromatic heterocycles. The van der Waals surface area contributed by atoms with Gasteiger partial charge in [-0.2, -0.15) is 0 Å². The highest BCUT2D eigenvalue weighted by molar-refractivity contribution is 5.90. The number of anilines is 1. The highest BCUT2D eigenvalue weighted by Crippen LogP contribution is 2.11. The van der Waals surface area contributed by atoms with Crippen molar-refractivity contribution >= 4 is 11.8 Å². The summed E-state index contributed by atoms with van der Waals surface area (Å²) >= 11 is 0. The molecular weight excluding hydrogens is 168 g/mol. The minimum absolute atomic E-state index is 0.354. The van der Waals surface area contributed by atoms with Crippen molar-refractivity contribution in [3.8, 4) is 0 Å². The Labute approximate surface area is 76.9 Å². The molecule has 0 fully saturated rings. The van der Waals surface area contributed by atoms with Gasteiger partial charge in [0.15, 0.2) is 0 Å². The Bertz CT molecular complexity index is 323. The van der Waals surface area contributed by atoms with Crippen molar-refractivity contribution in [1.29, 1.82) is 0 Å². The fourth-order valence-corrected chi connectivity index (χ4v) is 1.02. The average Bonchev–Trinajstić information content (AvgIpc) is 2.16. The molecule has 1 rings (SSSR count). The molecule has 0 bridgehead atoms. The maximum Gasteiger partial charge on any atom is 0.339 e. The Morgan fingerprint density at radius 1 is 1.62 bits per heavy atom. The average molecular weight is 180 g/mol. The van der Waals surface area contributed by atoms with Crippen LogP contribution in [0, 0.1) is 6.92 Å². The zero-order chi connectivity index (χ0) is 9.84. The maximum absolute atomic E-state index is 11.2. The molecule has 0 saturated carbocycles. The molecule has 1 heterocycles. The van der Waals surface area contributed by atoms with Crippen LogP contribution in [0.25, 0.3) is 0 Å². The Kier molecular flexibility index (Phi) is 2.84. The SMILES string of the molecule is CNc1cc(C)c(C(=O)OC)cn1. The number of nitrogens with one attached hydrogen (secondary N) is 1. The second-order valence-corrected chi connectivity index (χ2v) is 2.63. The number of hydrogen-bond acceptors (Lipinski definition) is 4. The van der Waals surface area contributed by atoms with Crippen LogP contribution in [0.1, 0.15) is 15.9 Å². The van der Waals surface area contributed by atoms with E-state index >= 15 is 0 Å². The van der Waals surface area contributed by atoms with Gasteiger partial charge in [-0.25, -0.2) is 9.78 Å². The summed E-state index contributed by atoms with van der Waals surface area (Å²) in [6, 6.07) is 1.80. The smallest absolute Gasteiger partial charge is 0.339 e. The molecule has 4 nitrogen and oxygen atoms in total. The van der Waals surface area contributed by atoms with E-state index < -0.39 is 0 Å². The molecule has 0 aliphatic heterocycles. The number of nitrogens with zero attached hydrogens (tertiary/aromatic N) is 1. The number of pyridine rings is 1. The standard InChI is InChI=1S/C9H12N2O2/c1-6-4-8(10-2)11-5-7(6)9(12)13-3/h4-5H,1-3H3,(H,10,11). The molecule has 13 heavy (non-hydrogen) atoms. The summed E-state index contributed by atoms with van der Waals surface area (Å²) in [6.07, 6.45) is 1.51. The van der Waals surface area contributed by atoms with Gasteiger partial charge in [0, 0.05) is 13.2 Å². The van der Waals surface area contributed by atoms with Crippen molar-refractivity contribution in [3.63, 3.8) is 0 Å². The quantitative estimate of drug-likeness (QED) is 0.695. The van der Waals surface area contributed by atoms with Crippen LogP contribution in [0.2, 0.25) is 0 Å². The molecule has 1 N–H and O–H groups in total. The minimum Gasteiger partial charge on any atom is -0.465 e. The number of ether oxygens (including phenoxy) is 1. The van der Waals surface area contributed by atoms with E-state index in [1.807, 2.05) is 6.92 Å². The highest BCUT2D eigenvalue weighted by atomic mass is 16.5. The van der Waals surface area contributed by atoms with Gasteiger partial charge in [-0.15, -0.1) is 0 Å². The molecule has 0 aliphatic rings. The zero-order valence-electron chi connectivity index (χ0n) is 7.92. The van der Waals surface area contributed by atoms with Crippen LogP contribution < -0.4 is 5.32 Å². The largest absolute Gasteiger partial charge is 0.465 e. The Morgan fingerprint density at radius 3 is 2.77 bits per heavy atom. The molecule has 0 saturated heterocycles. The van der Waals surface area contributed by atoms with Gasteiger partial charge in [0.1, 0.15) is 5.82 Å². The summed E-state index contributed by atoms with van der Waals surface area (Å²) in [5.74, 6) is 0.387. The molecule has 0 unspecified atom stereocenters. The van der Waals surface area contributed by atoms with E-state index in [1.165, 1.54) is 13.3 Å². The number of hydrogen-bond donors (Lipinski definition) is 1. The summed E-state index contributed by atoms with van der Waals surface area (Å²) < 4.78 is 4.59. The topological polar surface area (TPSA) is 51.2 Å². The van der Waals surface area contributed by atoms with E-state index in [0.29, 0.717) is 5.56 Å². The first-order valence-corrected chi connectivity index (χ1v) is 3.91. The monoisotopic (exact) mass is 180 g/mol. The fourth-order valence-electron chi connectivity index (χ4n) is 1.02. The van der Waals surface area contributed by atoms with Crippen molar-refractivity contribution in [2.45, 2.75) is 6.92 Å². The number of rotatable bonds is 2. The normalized spacial score (nSPS) is 9.46. The molecule has 0 atom stereocenters. The highest BCUT2D eigenvalue weighted by Gasteiger charge is 2.09.